The minimum atomic E-state index is -0.823. The lowest BCUT2D eigenvalue weighted by atomic mass is 10.1. The van der Waals surface area contributed by atoms with E-state index in [2.05, 4.69) is 5.32 Å². The van der Waals surface area contributed by atoms with Crippen LogP contribution in [0.4, 0.5) is 0 Å². The van der Waals surface area contributed by atoms with Gasteiger partial charge in [0.1, 0.15) is 18.4 Å². The van der Waals surface area contributed by atoms with Gasteiger partial charge in [0.2, 0.25) is 0 Å². The molecule has 2 N–H and O–H groups in total. The average Bonchev–Trinajstić information content (AvgIpc) is 2.62. The van der Waals surface area contributed by atoms with Crippen molar-refractivity contribution < 1.29 is 14.6 Å². The van der Waals surface area contributed by atoms with Crippen LogP contribution in [0.3, 0.4) is 0 Å². The predicted octanol–water partition coefficient (Wildman–Crippen LogP) is 4.87. The Morgan fingerprint density at radius 1 is 1.19 bits per heavy atom. The number of halogens is 2. The molecule has 4 nitrogen and oxygen atoms in total. The van der Waals surface area contributed by atoms with Crippen molar-refractivity contribution in [3.05, 3.63) is 63.6 Å². The second-order valence-corrected chi connectivity index (χ2v) is 7.49. The Morgan fingerprint density at radius 2 is 1.85 bits per heavy atom. The Morgan fingerprint density at radius 3 is 2.42 bits per heavy atom. The van der Waals surface area contributed by atoms with Crippen molar-refractivity contribution >= 4 is 40.9 Å². The molecule has 0 spiro atoms. The van der Waals surface area contributed by atoms with E-state index in [-0.39, 0.29) is 6.61 Å². The molecule has 0 saturated heterocycles. The summed E-state index contributed by atoms with van der Waals surface area (Å²) in [5.41, 5.74) is 1.74. The third-order valence-corrected chi connectivity index (χ3v) is 5.18. The minimum absolute atomic E-state index is 0.284. The van der Waals surface area contributed by atoms with Gasteiger partial charge >= 0.3 is 5.97 Å². The van der Waals surface area contributed by atoms with Gasteiger partial charge in [-0.25, -0.2) is 0 Å². The number of nitrogens with one attached hydrogen (secondary N) is 1. The summed E-state index contributed by atoms with van der Waals surface area (Å²) >= 11 is 13.9. The fourth-order valence-electron chi connectivity index (χ4n) is 2.32. The summed E-state index contributed by atoms with van der Waals surface area (Å²) < 4.78 is 5.74. The van der Waals surface area contributed by atoms with Gasteiger partial charge in [-0.2, -0.15) is 11.8 Å². The zero-order valence-electron chi connectivity index (χ0n) is 14.4. The van der Waals surface area contributed by atoms with Gasteiger partial charge in [-0.3, -0.25) is 4.79 Å². The first-order chi connectivity index (χ1) is 12.5. The smallest absolute Gasteiger partial charge is 0.320 e. The fraction of sp³-hybridized carbons (Fsp3) is 0.316. The second kappa shape index (κ2) is 10.7. The monoisotopic (exact) mass is 413 g/mol. The highest BCUT2D eigenvalue weighted by Gasteiger charge is 2.15. The Kier molecular flexibility index (Phi) is 8.59. The van der Waals surface area contributed by atoms with Gasteiger partial charge < -0.3 is 15.2 Å². The average molecular weight is 414 g/mol. The molecule has 0 amide bonds. The van der Waals surface area contributed by atoms with Crippen LogP contribution in [0.1, 0.15) is 17.5 Å². The van der Waals surface area contributed by atoms with E-state index in [9.17, 15) is 9.90 Å². The number of rotatable bonds is 10. The van der Waals surface area contributed by atoms with Crippen molar-refractivity contribution in [2.45, 2.75) is 25.6 Å². The van der Waals surface area contributed by atoms with Crippen molar-refractivity contribution in [1.29, 1.82) is 0 Å². The Labute approximate surface area is 167 Å². The van der Waals surface area contributed by atoms with Crippen molar-refractivity contribution in [3.63, 3.8) is 0 Å². The highest BCUT2D eigenvalue weighted by molar-refractivity contribution is 7.98. The van der Waals surface area contributed by atoms with Gasteiger partial charge in [0.15, 0.2) is 0 Å². The second-order valence-electron chi connectivity index (χ2n) is 5.69. The first kappa shape index (κ1) is 20.9. The maximum Gasteiger partial charge on any atom is 0.320 e. The fourth-order valence-corrected chi connectivity index (χ4v) is 3.30. The summed E-state index contributed by atoms with van der Waals surface area (Å²) in [5, 5.41) is 13.5. The number of thioether (sulfide) groups is 1. The molecule has 2 aromatic carbocycles. The number of benzene rings is 2. The summed E-state index contributed by atoms with van der Waals surface area (Å²) in [6, 6.07) is 12.3. The maximum absolute atomic E-state index is 11.2. The van der Waals surface area contributed by atoms with E-state index in [1.54, 1.807) is 30.0 Å². The number of carbonyl (C=O) groups is 1. The molecule has 2 aromatic rings. The quantitative estimate of drug-likeness (QED) is 0.581. The third kappa shape index (κ3) is 6.40. The van der Waals surface area contributed by atoms with E-state index >= 15 is 0 Å². The molecule has 0 aliphatic carbocycles. The largest absolute Gasteiger partial charge is 0.489 e. The normalized spacial score (nSPS) is 12.0. The highest BCUT2D eigenvalue weighted by atomic mass is 35.5. The summed E-state index contributed by atoms with van der Waals surface area (Å²) in [5.74, 6) is 0.680. The lowest BCUT2D eigenvalue weighted by Gasteiger charge is -2.14. The van der Waals surface area contributed by atoms with E-state index in [1.807, 2.05) is 30.5 Å². The van der Waals surface area contributed by atoms with Crippen LogP contribution in [0.25, 0.3) is 0 Å². The predicted molar refractivity (Wildman–Crippen MR) is 108 cm³/mol. The van der Waals surface area contributed by atoms with E-state index in [1.165, 1.54) is 0 Å². The number of ether oxygens (including phenoxy) is 1. The van der Waals surface area contributed by atoms with Gasteiger partial charge in [-0.05, 0) is 48.3 Å². The van der Waals surface area contributed by atoms with Crippen LogP contribution in [0.5, 0.6) is 5.75 Å². The van der Waals surface area contributed by atoms with E-state index in [0.29, 0.717) is 28.8 Å². The topological polar surface area (TPSA) is 58.6 Å². The van der Waals surface area contributed by atoms with Crippen molar-refractivity contribution in [3.8, 4) is 5.75 Å². The first-order valence-corrected chi connectivity index (χ1v) is 10.3. The molecule has 140 valence electrons. The summed E-state index contributed by atoms with van der Waals surface area (Å²) in [6.45, 7) is 0.772. The lowest BCUT2D eigenvalue weighted by Crippen LogP contribution is -2.36. The van der Waals surface area contributed by atoms with Gasteiger partial charge in [-0.1, -0.05) is 41.4 Å². The van der Waals surface area contributed by atoms with Crippen LogP contribution in [-0.4, -0.2) is 29.1 Å². The molecule has 2 rings (SSSR count). The number of hydrogen-bond acceptors (Lipinski definition) is 4. The molecule has 0 saturated carbocycles. The summed E-state index contributed by atoms with van der Waals surface area (Å²) in [7, 11) is 0. The zero-order chi connectivity index (χ0) is 18.9. The number of carboxylic acid groups (broad SMARTS) is 1. The van der Waals surface area contributed by atoms with E-state index in [4.69, 9.17) is 27.9 Å². The molecule has 26 heavy (non-hydrogen) atoms. The molecule has 0 bridgehead atoms. The summed E-state index contributed by atoms with van der Waals surface area (Å²) in [4.78, 5) is 11.2. The number of carboxylic acids is 1. The first-order valence-electron chi connectivity index (χ1n) is 8.11. The van der Waals surface area contributed by atoms with Crippen LogP contribution in [0.15, 0.2) is 42.5 Å². The van der Waals surface area contributed by atoms with E-state index in [0.717, 1.165) is 16.9 Å². The van der Waals surface area contributed by atoms with Crippen LogP contribution < -0.4 is 10.1 Å². The Bertz CT molecular complexity index is 705. The molecular formula is C19H21Cl2NO3S. The van der Waals surface area contributed by atoms with Crippen molar-refractivity contribution in [2.75, 3.05) is 12.0 Å². The molecule has 0 aliphatic rings. The zero-order valence-corrected chi connectivity index (χ0v) is 16.7. The van der Waals surface area contributed by atoms with Crippen molar-refractivity contribution in [1.82, 2.24) is 5.32 Å². The van der Waals surface area contributed by atoms with Crippen molar-refractivity contribution in [2.24, 2.45) is 0 Å². The third-order valence-electron chi connectivity index (χ3n) is 3.83. The molecule has 0 aliphatic heterocycles. The van der Waals surface area contributed by atoms with Crippen LogP contribution in [0, 0.1) is 0 Å². The van der Waals surface area contributed by atoms with Crippen LogP contribution >= 0.6 is 35.0 Å². The minimum Gasteiger partial charge on any atom is -0.489 e. The summed E-state index contributed by atoms with van der Waals surface area (Å²) in [6.07, 6.45) is 2.56. The SMILES string of the molecule is CSCCC(NCc1ccc(OCc2c(Cl)cccc2Cl)cc1)C(=O)O. The van der Waals surface area contributed by atoms with Gasteiger partial charge in [0, 0.05) is 22.2 Å². The highest BCUT2D eigenvalue weighted by Crippen LogP contribution is 2.26. The molecule has 0 heterocycles. The van der Waals surface area contributed by atoms with Gasteiger partial charge in [0.25, 0.3) is 0 Å². The Balaban J connectivity index is 1.88. The molecule has 0 fully saturated rings. The van der Waals surface area contributed by atoms with Gasteiger partial charge in [0.05, 0.1) is 0 Å². The maximum atomic E-state index is 11.2. The number of hydrogen-bond donors (Lipinski definition) is 2. The molecular weight excluding hydrogens is 393 g/mol. The van der Waals surface area contributed by atoms with Crippen LogP contribution in [0.2, 0.25) is 10.0 Å². The Hall–Kier alpha value is -1.40. The molecule has 1 unspecified atom stereocenters. The van der Waals surface area contributed by atoms with Crippen LogP contribution in [-0.2, 0) is 17.9 Å². The molecule has 7 heteroatoms. The van der Waals surface area contributed by atoms with E-state index < -0.39 is 12.0 Å². The molecule has 0 radical (unpaired) electrons. The lowest BCUT2D eigenvalue weighted by molar-refractivity contribution is -0.139. The van der Waals surface area contributed by atoms with Gasteiger partial charge in [-0.15, -0.1) is 0 Å². The molecule has 1 atom stereocenters. The standard InChI is InChI=1S/C19H21Cl2NO3S/c1-26-10-9-18(19(23)24)22-11-13-5-7-14(8-6-13)25-12-15-16(20)3-2-4-17(15)21/h2-8,18,22H,9-12H2,1H3,(H,23,24). The number of aliphatic carboxylic acids is 1. The molecule has 0 aromatic heterocycles.